The molecule has 3 rings (SSSR count). The first-order valence-corrected chi connectivity index (χ1v) is 12.9. The van der Waals surface area contributed by atoms with Crippen molar-refractivity contribution < 1.29 is 4.74 Å². The molecule has 1 aliphatic heterocycles. The summed E-state index contributed by atoms with van der Waals surface area (Å²) < 4.78 is 5.48. The molecule has 32 heavy (non-hydrogen) atoms. The molecule has 4 nitrogen and oxygen atoms in total. The smallest absolute Gasteiger partial charge is 0.169 e. The second kappa shape index (κ2) is 12.7. The Balaban J connectivity index is 1.54. The Morgan fingerprint density at radius 3 is 2.53 bits per heavy atom. The number of ether oxygens (including phenoxy) is 1. The lowest BCUT2D eigenvalue weighted by Gasteiger charge is -2.30. The Morgan fingerprint density at radius 1 is 1.12 bits per heavy atom. The Labute approximate surface area is 201 Å². The highest BCUT2D eigenvalue weighted by molar-refractivity contribution is 7.80. The Bertz CT molecular complexity index is 732. The third kappa shape index (κ3) is 8.49. The molecule has 0 spiro atoms. The zero-order valence-corrected chi connectivity index (χ0v) is 21.3. The highest BCUT2D eigenvalue weighted by Gasteiger charge is 2.16. The molecule has 1 heterocycles. The minimum absolute atomic E-state index is 0.182. The number of hydrogen-bond acceptors (Lipinski definition) is 3. The SMILES string of the molecule is CC(C)(C)c1ccc(CN(CCCN2CCOCC2)C(=S)NCCC2=CCCCC2)cc1. The molecule has 178 valence electrons. The molecule has 1 aromatic rings. The summed E-state index contributed by atoms with van der Waals surface area (Å²) in [4.78, 5) is 4.86. The number of nitrogens with zero attached hydrogens (tertiary/aromatic N) is 2. The average molecular weight is 458 g/mol. The van der Waals surface area contributed by atoms with Gasteiger partial charge in [-0.3, -0.25) is 4.90 Å². The molecule has 0 bridgehead atoms. The van der Waals surface area contributed by atoms with Gasteiger partial charge in [-0.2, -0.15) is 0 Å². The molecule has 0 aromatic heterocycles. The molecule has 0 saturated carbocycles. The van der Waals surface area contributed by atoms with Crippen LogP contribution in [0.1, 0.15) is 70.4 Å². The predicted octanol–water partition coefficient (Wildman–Crippen LogP) is 5.27. The molecular formula is C27H43N3OS. The van der Waals surface area contributed by atoms with Gasteiger partial charge in [0.1, 0.15) is 0 Å². The van der Waals surface area contributed by atoms with E-state index in [9.17, 15) is 0 Å². The third-order valence-corrected chi connectivity index (χ3v) is 7.00. The minimum Gasteiger partial charge on any atom is -0.379 e. The van der Waals surface area contributed by atoms with Gasteiger partial charge in [-0.05, 0) is 67.3 Å². The highest BCUT2D eigenvalue weighted by atomic mass is 32.1. The first-order chi connectivity index (χ1) is 15.4. The normalized spacial score (nSPS) is 17.7. The molecule has 0 radical (unpaired) electrons. The number of nitrogens with one attached hydrogen (secondary N) is 1. The van der Waals surface area contributed by atoms with Crippen molar-refractivity contribution in [1.29, 1.82) is 0 Å². The van der Waals surface area contributed by atoms with E-state index in [4.69, 9.17) is 17.0 Å². The minimum atomic E-state index is 0.182. The van der Waals surface area contributed by atoms with E-state index >= 15 is 0 Å². The molecule has 1 saturated heterocycles. The summed E-state index contributed by atoms with van der Waals surface area (Å²) in [5.74, 6) is 0. The molecule has 1 N–H and O–H groups in total. The van der Waals surface area contributed by atoms with Crippen LogP contribution in [0.3, 0.4) is 0 Å². The average Bonchev–Trinajstić information content (AvgIpc) is 2.79. The first-order valence-electron chi connectivity index (χ1n) is 12.5. The summed E-state index contributed by atoms with van der Waals surface area (Å²) >= 11 is 5.86. The monoisotopic (exact) mass is 457 g/mol. The number of allylic oxidation sites excluding steroid dienone is 1. The van der Waals surface area contributed by atoms with Crippen molar-refractivity contribution in [1.82, 2.24) is 15.1 Å². The van der Waals surface area contributed by atoms with Crippen LogP contribution in [0.25, 0.3) is 0 Å². The van der Waals surface area contributed by atoms with E-state index in [0.717, 1.165) is 70.4 Å². The number of rotatable bonds is 9. The standard InChI is InChI=1S/C27H43N3OS/c1-27(2,3)25-12-10-24(11-13-25)22-30(17-7-16-29-18-20-31-21-19-29)26(32)28-15-14-23-8-5-4-6-9-23/h8,10-13H,4-7,9,14-22H2,1-3H3,(H,28,32). The van der Waals surface area contributed by atoms with E-state index in [-0.39, 0.29) is 5.41 Å². The van der Waals surface area contributed by atoms with Crippen molar-refractivity contribution in [2.24, 2.45) is 0 Å². The summed E-state index contributed by atoms with van der Waals surface area (Å²) in [5, 5.41) is 4.45. The zero-order valence-electron chi connectivity index (χ0n) is 20.5. The summed E-state index contributed by atoms with van der Waals surface area (Å²) in [6.45, 7) is 14.5. The van der Waals surface area contributed by atoms with E-state index in [0.29, 0.717) is 0 Å². The molecule has 0 unspecified atom stereocenters. The van der Waals surface area contributed by atoms with Crippen LogP contribution >= 0.6 is 12.2 Å². The quantitative estimate of drug-likeness (QED) is 0.403. The van der Waals surface area contributed by atoms with Gasteiger partial charge in [0, 0.05) is 39.3 Å². The topological polar surface area (TPSA) is 27.7 Å². The van der Waals surface area contributed by atoms with Crippen molar-refractivity contribution in [2.75, 3.05) is 45.9 Å². The van der Waals surface area contributed by atoms with Crippen molar-refractivity contribution in [3.8, 4) is 0 Å². The molecule has 5 heteroatoms. The Morgan fingerprint density at radius 2 is 1.88 bits per heavy atom. The van der Waals surface area contributed by atoms with Crippen LogP contribution < -0.4 is 5.32 Å². The molecule has 0 atom stereocenters. The van der Waals surface area contributed by atoms with E-state index in [1.807, 2.05) is 0 Å². The van der Waals surface area contributed by atoms with Crippen LogP contribution in [0.15, 0.2) is 35.9 Å². The van der Waals surface area contributed by atoms with Gasteiger partial charge in [-0.1, -0.05) is 56.7 Å². The molecule has 0 amide bonds. The van der Waals surface area contributed by atoms with E-state index in [1.165, 1.54) is 36.8 Å². The predicted molar refractivity (Wildman–Crippen MR) is 139 cm³/mol. The second-order valence-electron chi connectivity index (χ2n) is 10.3. The first kappa shape index (κ1) is 25.2. The van der Waals surface area contributed by atoms with Crippen LogP contribution in [-0.2, 0) is 16.7 Å². The van der Waals surface area contributed by atoms with E-state index in [2.05, 4.69) is 66.2 Å². The summed E-state index contributed by atoms with van der Waals surface area (Å²) in [6, 6.07) is 9.08. The van der Waals surface area contributed by atoms with Gasteiger partial charge in [0.05, 0.1) is 13.2 Å². The van der Waals surface area contributed by atoms with Crippen molar-refractivity contribution in [3.63, 3.8) is 0 Å². The van der Waals surface area contributed by atoms with Gasteiger partial charge in [0.25, 0.3) is 0 Å². The van der Waals surface area contributed by atoms with Crippen LogP contribution in [0.4, 0.5) is 0 Å². The maximum Gasteiger partial charge on any atom is 0.169 e. The van der Waals surface area contributed by atoms with Gasteiger partial charge >= 0.3 is 0 Å². The van der Waals surface area contributed by atoms with Gasteiger partial charge in [-0.25, -0.2) is 0 Å². The van der Waals surface area contributed by atoms with Gasteiger partial charge < -0.3 is 15.0 Å². The van der Waals surface area contributed by atoms with Crippen LogP contribution in [-0.4, -0.2) is 60.8 Å². The fourth-order valence-corrected chi connectivity index (χ4v) is 4.72. The fourth-order valence-electron chi connectivity index (χ4n) is 4.47. The molecule has 2 aliphatic rings. The summed E-state index contributed by atoms with van der Waals surface area (Å²) in [5.41, 5.74) is 4.48. The maximum atomic E-state index is 5.86. The third-order valence-electron chi connectivity index (χ3n) is 6.59. The zero-order chi connectivity index (χ0) is 22.8. The van der Waals surface area contributed by atoms with Crippen LogP contribution in [0.5, 0.6) is 0 Å². The maximum absolute atomic E-state index is 5.86. The molecule has 1 fully saturated rings. The fraction of sp³-hybridized carbons (Fsp3) is 0.667. The van der Waals surface area contributed by atoms with Crippen molar-refractivity contribution >= 4 is 17.3 Å². The van der Waals surface area contributed by atoms with Gasteiger partial charge in [0.2, 0.25) is 0 Å². The lowest BCUT2D eigenvalue weighted by Crippen LogP contribution is -2.42. The number of thiocarbonyl (C=S) groups is 1. The van der Waals surface area contributed by atoms with E-state index < -0.39 is 0 Å². The van der Waals surface area contributed by atoms with Gasteiger partial charge in [0.15, 0.2) is 5.11 Å². The Hall–Kier alpha value is -1.43. The number of morpholine rings is 1. The van der Waals surface area contributed by atoms with Gasteiger partial charge in [-0.15, -0.1) is 0 Å². The molecule has 1 aliphatic carbocycles. The molecular weight excluding hydrogens is 414 g/mol. The molecule has 1 aromatic carbocycles. The summed E-state index contributed by atoms with van der Waals surface area (Å²) in [7, 11) is 0. The number of benzene rings is 1. The number of hydrogen-bond donors (Lipinski definition) is 1. The van der Waals surface area contributed by atoms with Crippen molar-refractivity contribution in [2.45, 2.75) is 71.3 Å². The van der Waals surface area contributed by atoms with E-state index in [1.54, 1.807) is 5.57 Å². The van der Waals surface area contributed by atoms with Crippen LogP contribution in [0.2, 0.25) is 0 Å². The lowest BCUT2D eigenvalue weighted by atomic mass is 9.87. The highest BCUT2D eigenvalue weighted by Crippen LogP contribution is 2.23. The second-order valence-corrected chi connectivity index (χ2v) is 10.7. The lowest BCUT2D eigenvalue weighted by molar-refractivity contribution is 0.0367. The Kier molecular flexibility index (Phi) is 10.0. The summed E-state index contributed by atoms with van der Waals surface area (Å²) in [6.07, 6.45) is 9.87. The van der Waals surface area contributed by atoms with Crippen LogP contribution in [0, 0.1) is 0 Å². The van der Waals surface area contributed by atoms with Crippen molar-refractivity contribution in [3.05, 3.63) is 47.0 Å². The largest absolute Gasteiger partial charge is 0.379 e.